The quantitative estimate of drug-likeness (QED) is 0.254. The number of aliphatic hydroxyl groups is 2. The van der Waals surface area contributed by atoms with E-state index in [0.717, 1.165) is 0 Å². The molecule has 7 aliphatic rings. The number of hydrogen-bond acceptors (Lipinski definition) is 12. The summed E-state index contributed by atoms with van der Waals surface area (Å²) < 4.78 is 30.4. The van der Waals surface area contributed by atoms with Gasteiger partial charge < -0.3 is 33.9 Å². The summed E-state index contributed by atoms with van der Waals surface area (Å²) in [5.74, 6) is -7.22. The van der Waals surface area contributed by atoms with Gasteiger partial charge >= 0.3 is 23.9 Å². The summed E-state index contributed by atoms with van der Waals surface area (Å²) in [6.07, 6.45) is -2.35. The second-order valence-corrected chi connectivity index (χ2v) is 16.7. The first kappa shape index (κ1) is 33.7. The first-order chi connectivity index (χ1) is 22.2. The zero-order valence-electron chi connectivity index (χ0n) is 29.1. The first-order valence-corrected chi connectivity index (χ1v) is 17.3. The lowest BCUT2D eigenvalue weighted by Gasteiger charge is -2.63. The molecule has 12 heteroatoms. The number of hydrogen-bond donors (Lipinski definition) is 2. The number of rotatable bonds is 4. The third-order valence-corrected chi connectivity index (χ3v) is 14.2. The molecular weight excluding hydrogens is 624 g/mol. The third kappa shape index (κ3) is 4.02. The van der Waals surface area contributed by atoms with Gasteiger partial charge in [-0.15, -0.1) is 0 Å². The number of ketones is 1. The van der Waals surface area contributed by atoms with Crippen molar-refractivity contribution in [3.05, 3.63) is 11.8 Å². The van der Waals surface area contributed by atoms with Crippen molar-refractivity contribution in [3.63, 3.8) is 0 Å². The van der Waals surface area contributed by atoms with Gasteiger partial charge in [-0.05, 0) is 50.5 Å². The van der Waals surface area contributed by atoms with Gasteiger partial charge in [0, 0.05) is 48.3 Å². The summed E-state index contributed by atoms with van der Waals surface area (Å²) in [7, 11) is 0. The standard InChI is InChI=1S/C36H48O12/c1-13(2)31(41)48-30-28-19(46-28)11-18-26(39)27(40)22-17(33(18,30)6)12-20(44-15(4)37)34(7)23-14(3)10-21-35(8,36(9,43)32(42)47-21)25(23)29(24(22)34)45-16(5)38/h10,13-14,17-20,22-25,27-30,40,43H,11-12H2,1-9H3/t14?,17?,18?,19-,20-,22?,23?,24?,25?,27?,28-,29?,30-,33+,34+,35-,36+/m0/s1. The molecule has 7 rings (SSSR count). The molecule has 5 aliphatic carbocycles. The van der Waals surface area contributed by atoms with E-state index >= 15 is 0 Å². The van der Waals surface area contributed by atoms with E-state index in [1.54, 1.807) is 20.8 Å². The van der Waals surface area contributed by atoms with Gasteiger partial charge in [-0.3, -0.25) is 19.2 Å². The minimum absolute atomic E-state index is 0.240. The van der Waals surface area contributed by atoms with Crippen molar-refractivity contribution in [2.75, 3.05) is 0 Å². The molecule has 0 radical (unpaired) electrons. The number of ether oxygens (including phenoxy) is 5. The predicted octanol–water partition coefficient (Wildman–Crippen LogP) is 2.51. The molecule has 0 bridgehead atoms. The van der Waals surface area contributed by atoms with Crippen molar-refractivity contribution in [3.8, 4) is 0 Å². The van der Waals surface area contributed by atoms with Crippen molar-refractivity contribution in [2.45, 2.75) is 117 Å². The van der Waals surface area contributed by atoms with Crippen molar-refractivity contribution in [1.29, 1.82) is 0 Å². The normalized spacial score (nSPS) is 52.8. The van der Waals surface area contributed by atoms with Crippen LogP contribution in [0.15, 0.2) is 11.8 Å². The molecule has 0 spiro atoms. The van der Waals surface area contributed by atoms with E-state index in [4.69, 9.17) is 23.7 Å². The Morgan fingerprint density at radius 3 is 2.19 bits per heavy atom. The van der Waals surface area contributed by atoms with E-state index in [0.29, 0.717) is 6.42 Å². The van der Waals surface area contributed by atoms with Gasteiger partial charge in [0.25, 0.3) is 0 Å². The van der Waals surface area contributed by atoms with Crippen LogP contribution in [0.3, 0.4) is 0 Å². The van der Waals surface area contributed by atoms with Crippen LogP contribution < -0.4 is 0 Å². The number of epoxide rings is 1. The summed E-state index contributed by atoms with van der Waals surface area (Å²) in [5.41, 5.74) is -5.39. The number of allylic oxidation sites excluding steroid dienone is 1. The molecule has 0 aromatic rings. The molecule has 0 amide bonds. The van der Waals surface area contributed by atoms with Crippen molar-refractivity contribution >= 4 is 29.7 Å². The van der Waals surface area contributed by atoms with Gasteiger partial charge in [0.15, 0.2) is 11.4 Å². The smallest absolute Gasteiger partial charge is 0.343 e. The van der Waals surface area contributed by atoms with Crippen LogP contribution in [0.1, 0.15) is 75.2 Å². The number of Topliss-reactive ketones (excluding diaryl/α,β-unsaturated/α-hetero) is 1. The maximum absolute atomic E-state index is 14.4. The Morgan fingerprint density at radius 2 is 1.58 bits per heavy atom. The van der Waals surface area contributed by atoms with Gasteiger partial charge in [0.2, 0.25) is 0 Å². The highest BCUT2D eigenvalue weighted by Gasteiger charge is 2.81. The largest absolute Gasteiger partial charge is 0.462 e. The second kappa shape index (κ2) is 10.4. The van der Waals surface area contributed by atoms with E-state index in [2.05, 4.69) is 0 Å². The maximum Gasteiger partial charge on any atom is 0.343 e. The number of carbonyl (C=O) groups excluding carboxylic acids is 5. The van der Waals surface area contributed by atoms with Gasteiger partial charge in [-0.2, -0.15) is 0 Å². The average molecular weight is 673 g/mol. The highest BCUT2D eigenvalue weighted by atomic mass is 16.6. The molecule has 17 atom stereocenters. The molecule has 4 saturated carbocycles. The van der Waals surface area contributed by atoms with Gasteiger partial charge in [-0.1, -0.05) is 34.6 Å². The van der Waals surface area contributed by atoms with Gasteiger partial charge in [0.05, 0.1) is 17.4 Å². The maximum atomic E-state index is 14.4. The molecule has 2 saturated heterocycles. The Hall–Kier alpha value is -2.83. The Kier molecular flexibility index (Phi) is 7.26. The lowest BCUT2D eigenvalue weighted by atomic mass is 9.42. The molecule has 9 unspecified atom stereocenters. The Labute approximate surface area is 280 Å². The molecule has 2 heterocycles. The molecular formula is C36H48O12. The molecule has 6 fully saturated rings. The van der Waals surface area contributed by atoms with Crippen molar-refractivity contribution < 1.29 is 57.9 Å². The van der Waals surface area contributed by atoms with E-state index < -0.39 is 118 Å². The topological polar surface area (TPSA) is 175 Å². The van der Waals surface area contributed by atoms with Crippen LogP contribution in [-0.4, -0.2) is 82.1 Å². The van der Waals surface area contributed by atoms with Crippen LogP contribution in [0.25, 0.3) is 0 Å². The van der Waals surface area contributed by atoms with Crippen LogP contribution in [0.2, 0.25) is 0 Å². The van der Waals surface area contributed by atoms with E-state index in [9.17, 15) is 34.2 Å². The molecule has 0 aromatic carbocycles. The second-order valence-electron chi connectivity index (χ2n) is 16.7. The molecule has 0 aromatic heterocycles. The Bertz CT molecular complexity index is 1520. The van der Waals surface area contributed by atoms with Crippen LogP contribution >= 0.6 is 0 Å². The molecule has 2 aliphatic heterocycles. The zero-order chi connectivity index (χ0) is 35.2. The summed E-state index contributed by atoms with van der Waals surface area (Å²) in [4.78, 5) is 66.7. The summed E-state index contributed by atoms with van der Waals surface area (Å²) >= 11 is 0. The fraction of sp³-hybridized carbons (Fsp3) is 0.806. The summed E-state index contributed by atoms with van der Waals surface area (Å²) in [6, 6.07) is 0. The molecule has 264 valence electrons. The highest BCUT2D eigenvalue weighted by Crippen LogP contribution is 2.75. The van der Waals surface area contributed by atoms with E-state index in [-0.39, 0.29) is 30.0 Å². The zero-order valence-corrected chi connectivity index (χ0v) is 29.1. The summed E-state index contributed by atoms with van der Waals surface area (Å²) in [5, 5.41) is 24.0. The number of fused-ring (bicyclic) bond motifs is 10. The Morgan fingerprint density at radius 1 is 0.938 bits per heavy atom. The predicted molar refractivity (Wildman–Crippen MR) is 164 cm³/mol. The lowest BCUT2D eigenvalue weighted by molar-refractivity contribution is -0.235. The monoisotopic (exact) mass is 672 g/mol. The lowest BCUT2D eigenvalue weighted by Crippen LogP contribution is -2.70. The minimum atomic E-state index is -2.00. The fourth-order valence-electron chi connectivity index (χ4n) is 11.9. The number of aliphatic hydroxyl groups excluding tert-OH is 1. The van der Waals surface area contributed by atoms with Crippen LogP contribution in [0.4, 0.5) is 0 Å². The first-order valence-electron chi connectivity index (χ1n) is 17.3. The highest BCUT2D eigenvalue weighted by molar-refractivity contribution is 5.88. The minimum Gasteiger partial charge on any atom is -0.462 e. The van der Waals surface area contributed by atoms with Gasteiger partial charge in [0.1, 0.15) is 36.3 Å². The number of carbonyl (C=O) groups is 5. The van der Waals surface area contributed by atoms with Gasteiger partial charge in [-0.25, -0.2) is 4.79 Å². The SMILES string of the molecule is CC(=O)OC1C2C3C(O)C(=O)C4C[C@@H]5O[C@@H]5[C@H](OC(=O)C(C)C)[C@]4(C)C3C[C@H](OC(C)=O)[C@]2(C)C2C(C)C=C3OC(=O)[C@@](C)(O)[C@]3(C)C12. The van der Waals surface area contributed by atoms with E-state index in [1.807, 2.05) is 26.8 Å². The Balaban J connectivity index is 1.45. The third-order valence-electron chi connectivity index (χ3n) is 14.2. The fourth-order valence-corrected chi connectivity index (χ4v) is 11.9. The van der Waals surface area contributed by atoms with Crippen LogP contribution in [0, 0.1) is 63.6 Å². The molecule has 2 N–H and O–H groups in total. The van der Waals surface area contributed by atoms with Crippen molar-refractivity contribution in [1.82, 2.24) is 0 Å². The van der Waals surface area contributed by atoms with E-state index in [1.165, 1.54) is 20.8 Å². The van der Waals surface area contributed by atoms with Crippen LogP contribution in [0.5, 0.6) is 0 Å². The molecule has 48 heavy (non-hydrogen) atoms. The summed E-state index contributed by atoms with van der Waals surface area (Å²) in [6.45, 7) is 15.0. The molecule has 12 nitrogen and oxygen atoms in total. The average Bonchev–Trinajstić information content (AvgIpc) is 3.67. The van der Waals surface area contributed by atoms with Crippen LogP contribution in [-0.2, 0) is 47.7 Å². The van der Waals surface area contributed by atoms with Crippen molar-refractivity contribution in [2.24, 2.45) is 63.6 Å². The number of esters is 4.